The minimum Gasteiger partial charge on any atom is -0.508 e. The third-order valence-electron chi connectivity index (χ3n) is 4.48. The standard InChI is InChI=1S/C22H20N2O4/c1-3-5-16-12-15(8-11-19(16)25)13-18-20(26)23-22(28)24(21(18)27)17-9-6-14(4-2)7-10-17/h3,6-13,25H,1,4-5H2,2H3,(H,23,26,28)/b18-13-. The van der Waals surface area contributed by atoms with E-state index in [-0.39, 0.29) is 11.3 Å². The van der Waals surface area contributed by atoms with Gasteiger partial charge in [0.1, 0.15) is 11.3 Å². The molecule has 1 fully saturated rings. The van der Waals surface area contributed by atoms with Crippen LogP contribution in [0, 0.1) is 0 Å². The first-order valence-corrected chi connectivity index (χ1v) is 8.87. The summed E-state index contributed by atoms with van der Waals surface area (Å²) in [5.41, 5.74) is 2.48. The van der Waals surface area contributed by atoms with Gasteiger partial charge in [-0.15, -0.1) is 6.58 Å². The Balaban J connectivity index is 1.98. The largest absolute Gasteiger partial charge is 0.508 e. The van der Waals surface area contributed by atoms with E-state index >= 15 is 0 Å². The number of allylic oxidation sites excluding steroid dienone is 1. The van der Waals surface area contributed by atoms with Crippen LogP contribution in [0.3, 0.4) is 0 Å². The number of phenols is 1. The fourth-order valence-corrected chi connectivity index (χ4v) is 2.95. The maximum absolute atomic E-state index is 12.9. The summed E-state index contributed by atoms with van der Waals surface area (Å²) in [6, 6.07) is 11.0. The maximum Gasteiger partial charge on any atom is 0.335 e. The molecule has 3 rings (SSSR count). The number of carbonyl (C=O) groups excluding carboxylic acids is 3. The van der Waals surface area contributed by atoms with Crippen molar-refractivity contribution in [2.24, 2.45) is 0 Å². The number of rotatable bonds is 5. The van der Waals surface area contributed by atoms with Gasteiger partial charge in [0, 0.05) is 0 Å². The molecule has 2 aromatic rings. The average Bonchev–Trinajstić information content (AvgIpc) is 2.68. The van der Waals surface area contributed by atoms with E-state index in [2.05, 4.69) is 11.9 Å². The maximum atomic E-state index is 12.9. The van der Waals surface area contributed by atoms with Gasteiger partial charge in [0.2, 0.25) is 0 Å². The van der Waals surface area contributed by atoms with E-state index in [1.807, 2.05) is 19.1 Å². The van der Waals surface area contributed by atoms with Gasteiger partial charge in [0.25, 0.3) is 11.8 Å². The summed E-state index contributed by atoms with van der Waals surface area (Å²) < 4.78 is 0. The molecule has 1 aliphatic rings. The molecule has 0 atom stereocenters. The van der Waals surface area contributed by atoms with Crippen LogP contribution in [0.4, 0.5) is 10.5 Å². The van der Waals surface area contributed by atoms with Gasteiger partial charge >= 0.3 is 6.03 Å². The molecule has 0 bridgehead atoms. The summed E-state index contributed by atoms with van der Waals surface area (Å²) in [6.45, 7) is 5.65. The second-order valence-electron chi connectivity index (χ2n) is 6.36. The van der Waals surface area contributed by atoms with E-state index in [0.717, 1.165) is 16.9 Å². The quantitative estimate of drug-likeness (QED) is 0.476. The minimum absolute atomic E-state index is 0.106. The molecule has 28 heavy (non-hydrogen) atoms. The monoisotopic (exact) mass is 376 g/mol. The fourth-order valence-electron chi connectivity index (χ4n) is 2.95. The molecule has 6 nitrogen and oxygen atoms in total. The Kier molecular flexibility index (Phi) is 5.40. The number of nitrogens with zero attached hydrogens (tertiary/aromatic N) is 1. The molecule has 1 heterocycles. The van der Waals surface area contributed by atoms with Crippen molar-refractivity contribution < 1.29 is 19.5 Å². The number of anilines is 1. The topological polar surface area (TPSA) is 86.7 Å². The van der Waals surface area contributed by atoms with Crippen LogP contribution in [0.1, 0.15) is 23.6 Å². The Bertz CT molecular complexity index is 990. The van der Waals surface area contributed by atoms with Crippen LogP contribution < -0.4 is 10.2 Å². The number of imide groups is 2. The minimum atomic E-state index is -0.783. The molecule has 0 aromatic heterocycles. The highest BCUT2D eigenvalue weighted by Gasteiger charge is 2.36. The lowest BCUT2D eigenvalue weighted by Gasteiger charge is -2.26. The van der Waals surface area contributed by atoms with Crippen LogP contribution in [0.15, 0.2) is 60.7 Å². The van der Waals surface area contributed by atoms with E-state index in [4.69, 9.17) is 0 Å². The van der Waals surface area contributed by atoms with E-state index in [1.165, 1.54) is 12.1 Å². The van der Waals surface area contributed by atoms with Crippen molar-refractivity contribution >= 4 is 29.6 Å². The number of barbiturate groups is 1. The lowest BCUT2D eigenvalue weighted by molar-refractivity contribution is -0.122. The van der Waals surface area contributed by atoms with Crippen molar-refractivity contribution in [3.8, 4) is 5.75 Å². The molecule has 4 amide bonds. The Morgan fingerprint density at radius 1 is 1.11 bits per heavy atom. The first-order chi connectivity index (χ1) is 13.4. The smallest absolute Gasteiger partial charge is 0.335 e. The Hall–Kier alpha value is -3.67. The summed E-state index contributed by atoms with van der Waals surface area (Å²) in [5.74, 6) is -1.35. The zero-order valence-corrected chi connectivity index (χ0v) is 15.4. The number of hydrogen-bond donors (Lipinski definition) is 2. The number of aromatic hydroxyl groups is 1. The van der Waals surface area contributed by atoms with Crippen molar-refractivity contribution in [1.29, 1.82) is 0 Å². The van der Waals surface area contributed by atoms with Gasteiger partial charge in [-0.2, -0.15) is 0 Å². The summed E-state index contributed by atoms with van der Waals surface area (Å²) in [7, 11) is 0. The normalized spacial score (nSPS) is 15.7. The van der Waals surface area contributed by atoms with Gasteiger partial charge in [0.15, 0.2) is 0 Å². The SMILES string of the molecule is C=CCc1cc(/C=C2/C(=O)NC(=O)N(c3ccc(CC)cc3)C2=O)ccc1O. The number of amides is 4. The number of urea groups is 1. The van der Waals surface area contributed by atoms with Crippen LogP contribution in [0.25, 0.3) is 6.08 Å². The molecule has 0 aliphatic carbocycles. The van der Waals surface area contributed by atoms with Crippen LogP contribution >= 0.6 is 0 Å². The molecular weight excluding hydrogens is 356 g/mol. The fraction of sp³-hybridized carbons (Fsp3) is 0.136. The zero-order chi connectivity index (χ0) is 20.3. The van der Waals surface area contributed by atoms with Crippen LogP contribution in [-0.2, 0) is 22.4 Å². The van der Waals surface area contributed by atoms with Crippen LogP contribution in [-0.4, -0.2) is 23.0 Å². The molecule has 0 spiro atoms. The first kappa shape index (κ1) is 19.1. The Morgan fingerprint density at radius 2 is 1.82 bits per heavy atom. The lowest BCUT2D eigenvalue weighted by atomic mass is 10.0. The van der Waals surface area contributed by atoms with E-state index in [9.17, 15) is 19.5 Å². The predicted octanol–water partition coefficient (Wildman–Crippen LogP) is 3.35. The second kappa shape index (κ2) is 7.92. The van der Waals surface area contributed by atoms with Crippen LogP contribution in [0.2, 0.25) is 0 Å². The Morgan fingerprint density at radius 3 is 2.46 bits per heavy atom. The van der Waals surface area contributed by atoms with Gasteiger partial charge in [0.05, 0.1) is 5.69 Å². The highest BCUT2D eigenvalue weighted by Crippen LogP contribution is 2.24. The Labute approximate surface area is 162 Å². The third kappa shape index (κ3) is 3.71. The second-order valence-corrected chi connectivity index (χ2v) is 6.36. The number of aryl methyl sites for hydroxylation is 1. The number of phenolic OH excluding ortho intramolecular Hbond substituents is 1. The van der Waals surface area contributed by atoms with E-state index < -0.39 is 17.8 Å². The molecule has 0 unspecified atom stereocenters. The van der Waals surface area contributed by atoms with Crippen molar-refractivity contribution in [3.05, 3.63) is 77.4 Å². The van der Waals surface area contributed by atoms with E-state index in [1.54, 1.807) is 30.3 Å². The van der Waals surface area contributed by atoms with Crippen molar-refractivity contribution in [2.45, 2.75) is 19.8 Å². The van der Waals surface area contributed by atoms with Crippen LogP contribution in [0.5, 0.6) is 5.75 Å². The van der Waals surface area contributed by atoms with Crippen molar-refractivity contribution in [2.75, 3.05) is 4.90 Å². The number of hydrogen-bond acceptors (Lipinski definition) is 4. The van der Waals surface area contributed by atoms with Gasteiger partial charge in [-0.25, -0.2) is 9.69 Å². The van der Waals surface area contributed by atoms with Crippen molar-refractivity contribution in [3.63, 3.8) is 0 Å². The molecule has 1 aliphatic heterocycles. The molecule has 0 saturated carbocycles. The van der Waals surface area contributed by atoms with Crippen molar-refractivity contribution in [1.82, 2.24) is 5.32 Å². The van der Waals surface area contributed by atoms with Gasteiger partial charge < -0.3 is 5.11 Å². The molecule has 6 heteroatoms. The molecular formula is C22H20N2O4. The van der Waals surface area contributed by atoms with Gasteiger partial charge in [-0.3, -0.25) is 14.9 Å². The van der Waals surface area contributed by atoms with Gasteiger partial charge in [-0.05, 0) is 59.9 Å². The number of benzene rings is 2. The third-order valence-corrected chi connectivity index (χ3v) is 4.48. The summed E-state index contributed by atoms with van der Waals surface area (Å²) in [4.78, 5) is 38.4. The average molecular weight is 376 g/mol. The molecule has 2 N–H and O–H groups in total. The van der Waals surface area contributed by atoms with E-state index in [0.29, 0.717) is 23.2 Å². The summed E-state index contributed by atoms with van der Waals surface area (Å²) >= 11 is 0. The molecule has 2 aromatic carbocycles. The summed E-state index contributed by atoms with van der Waals surface area (Å²) in [5, 5.41) is 12.1. The lowest BCUT2D eigenvalue weighted by Crippen LogP contribution is -2.54. The predicted molar refractivity (Wildman–Crippen MR) is 107 cm³/mol. The summed E-state index contributed by atoms with van der Waals surface area (Å²) in [6.07, 6.45) is 4.32. The first-order valence-electron chi connectivity index (χ1n) is 8.87. The molecule has 142 valence electrons. The molecule has 0 radical (unpaired) electrons. The number of nitrogens with one attached hydrogen (secondary N) is 1. The zero-order valence-electron chi connectivity index (χ0n) is 15.4. The van der Waals surface area contributed by atoms with Gasteiger partial charge in [-0.1, -0.05) is 31.2 Å². The number of carbonyl (C=O) groups is 3. The highest BCUT2D eigenvalue weighted by atomic mass is 16.3. The highest BCUT2D eigenvalue weighted by molar-refractivity contribution is 6.39. The molecule has 1 saturated heterocycles.